The Kier molecular flexibility index (Phi) is 3.29. The van der Waals surface area contributed by atoms with Crippen LogP contribution in [0.15, 0.2) is 0 Å². The van der Waals surface area contributed by atoms with Gasteiger partial charge in [0.15, 0.2) is 0 Å². The number of halogens is 3. The second-order valence-corrected chi connectivity index (χ2v) is 5.25. The Hall–Kier alpha value is 0.360. The first kappa shape index (κ1) is 10.4. The first-order chi connectivity index (χ1) is 4.27. The summed E-state index contributed by atoms with van der Waals surface area (Å²) >= 11 is 16.9. The van der Waals surface area contributed by atoms with Gasteiger partial charge in [-0.25, -0.2) is 0 Å². The van der Waals surface area contributed by atoms with Crippen molar-refractivity contribution in [2.75, 3.05) is 0 Å². The zero-order valence-corrected chi connectivity index (χ0v) is 8.06. The van der Waals surface area contributed by atoms with E-state index in [0.717, 1.165) is 0 Å². The molecule has 0 aromatic heterocycles. The highest BCUT2D eigenvalue weighted by molar-refractivity contribution is 6.48. The van der Waals surface area contributed by atoms with Crippen molar-refractivity contribution in [2.45, 2.75) is 29.5 Å². The van der Waals surface area contributed by atoms with Crippen LogP contribution in [0.3, 0.4) is 0 Å². The molecular formula is C6H8Cl3N. The molecule has 0 amide bonds. The molecule has 0 aliphatic carbocycles. The molecule has 0 saturated carbocycles. The topological polar surface area (TPSA) is 23.8 Å². The van der Waals surface area contributed by atoms with E-state index in [0.29, 0.717) is 0 Å². The second-order valence-electron chi connectivity index (χ2n) is 2.56. The van der Waals surface area contributed by atoms with E-state index in [4.69, 9.17) is 40.1 Å². The van der Waals surface area contributed by atoms with Crippen molar-refractivity contribution in [2.24, 2.45) is 0 Å². The van der Waals surface area contributed by atoms with Gasteiger partial charge in [0.05, 0.1) is 6.07 Å². The van der Waals surface area contributed by atoms with Crippen molar-refractivity contribution >= 4 is 34.8 Å². The lowest BCUT2D eigenvalue weighted by Gasteiger charge is -2.19. The molecule has 0 radical (unpaired) electrons. The Balaban J connectivity index is 4.05. The quantitative estimate of drug-likeness (QED) is 0.629. The molecule has 1 nitrogen and oxygen atoms in total. The highest BCUT2D eigenvalue weighted by Crippen LogP contribution is 2.33. The van der Waals surface area contributed by atoms with Gasteiger partial charge in [-0.2, -0.15) is 5.26 Å². The van der Waals surface area contributed by atoms with Crippen molar-refractivity contribution in [3.05, 3.63) is 0 Å². The van der Waals surface area contributed by atoms with Gasteiger partial charge in [0.2, 0.25) is 0 Å². The van der Waals surface area contributed by atoms with Crippen LogP contribution in [-0.2, 0) is 0 Å². The first-order valence-corrected chi connectivity index (χ1v) is 3.88. The van der Waals surface area contributed by atoms with E-state index < -0.39 is 9.21 Å². The van der Waals surface area contributed by atoms with Crippen molar-refractivity contribution in [3.63, 3.8) is 0 Å². The first-order valence-electron chi connectivity index (χ1n) is 2.75. The van der Waals surface area contributed by atoms with Gasteiger partial charge in [-0.15, -0.1) is 34.8 Å². The summed E-state index contributed by atoms with van der Waals surface area (Å²) in [5.74, 6) is 0. The maximum atomic E-state index is 8.46. The maximum absolute atomic E-state index is 8.46. The average molecular weight is 200 g/mol. The molecule has 0 heterocycles. The zero-order chi connectivity index (χ0) is 8.41. The van der Waals surface area contributed by atoms with Crippen molar-refractivity contribution < 1.29 is 0 Å². The number of nitrogens with zero attached hydrogens (tertiary/aromatic N) is 1. The highest BCUT2D eigenvalue weighted by Gasteiger charge is 2.30. The van der Waals surface area contributed by atoms with Crippen molar-refractivity contribution in [1.29, 1.82) is 5.26 Å². The number of hydrogen-bond acceptors (Lipinski definition) is 1. The number of alkyl halides is 3. The molecule has 0 aliphatic heterocycles. The molecule has 10 heavy (non-hydrogen) atoms. The van der Waals surface area contributed by atoms with Gasteiger partial charge in [-0.05, 0) is 13.8 Å². The average Bonchev–Trinajstić information content (AvgIpc) is 1.60. The molecule has 0 aromatic carbocycles. The Morgan fingerprint density at radius 3 is 1.80 bits per heavy atom. The Labute approximate surface area is 75.9 Å². The fraction of sp³-hybridized carbons (Fsp3) is 0.833. The van der Waals surface area contributed by atoms with E-state index in [1.807, 2.05) is 6.07 Å². The third kappa shape index (κ3) is 5.17. The lowest BCUT2D eigenvalue weighted by Crippen LogP contribution is -2.23. The van der Waals surface area contributed by atoms with E-state index in [1.165, 1.54) is 0 Å². The van der Waals surface area contributed by atoms with E-state index in [9.17, 15) is 0 Å². The molecule has 0 aromatic rings. The van der Waals surface area contributed by atoms with Crippen LogP contribution in [0, 0.1) is 11.3 Å². The van der Waals surface area contributed by atoms with E-state index in [-0.39, 0.29) is 6.42 Å². The van der Waals surface area contributed by atoms with Crippen LogP contribution in [-0.4, -0.2) is 9.21 Å². The van der Waals surface area contributed by atoms with Crippen LogP contribution in [0.25, 0.3) is 0 Å². The Bertz CT molecular complexity index is 151. The van der Waals surface area contributed by atoms with Crippen LogP contribution in [0.2, 0.25) is 0 Å². The van der Waals surface area contributed by atoms with Crippen LogP contribution in [0.1, 0.15) is 20.3 Å². The van der Waals surface area contributed by atoms with E-state index in [2.05, 4.69) is 0 Å². The molecule has 1 unspecified atom stereocenters. The van der Waals surface area contributed by atoms with Gasteiger partial charge in [0.25, 0.3) is 0 Å². The summed E-state index contributed by atoms with van der Waals surface area (Å²) in [4.78, 5) is -0.960. The van der Waals surface area contributed by atoms with E-state index >= 15 is 0 Å². The van der Waals surface area contributed by atoms with Gasteiger partial charge in [0.1, 0.15) is 9.21 Å². The minimum atomic E-state index is -0.960. The monoisotopic (exact) mass is 199 g/mol. The molecule has 58 valence electrons. The Morgan fingerprint density at radius 2 is 1.70 bits per heavy atom. The van der Waals surface area contributed by atoms with Gasteiger partial charge < -0.3 is 0 Å². The third-order valence-electron chi connectivity index (χ3n) is 0.876. The van der Waals surface area contributed by atoms with Crippen molar-refractivity contribution in [1.82, 2.24) is 0 Å². The predicted octanol–water partition coefficient (Wildman–Crippen LogP) is 3.09. The number of nitriles is 1. The third-order valence-corrected chi connectivity index (χ3v) is 1.36. The van der Waals surface area contributed by atoms with Crippen LogP contribution < -0.4 is 0 Å². The highest BCUT2D eigenvalue weighted by atomic mass is 35.5. The van der Waals surface area contributed by atoms with Gasteiger partial charge in [-0.1, -0.05) is 0 Å². The molecule has 0 bridgehead atoms. The molecule has 0 aliphatic rings. The predicted molar refractivity (Wildman–Crippen MR) is 44.6 cm³/mol. The minimum Gasteiger partial charge on any atom is -0.196 e. The fourth-order valence-corrected chi connectivity index (χ4v) is 1.56. The second kappa shape index (κ2) is 3.17. The molecular weight excluding hydrogens is 192 g/mol. The lowest BCUT2D eigenvalue weighted by molar-refractivity contribution is 0.650. The van der Waals surface area contributed by atoms with Crippen LogP contribution >= 0.6 is 34.8 Å². The molecule has 0 N–H and O–H groups in total. The summed E-state index contributed by atoms with van der Waals surface area (Å²) in [5, 5.41) is 8.46. The molecule has 0 rings (SSSR count). The molecule has 0 spiro atoms. The molecule has 0 saturated heterocycles. The van der Waals surface area contributed by atoms with Crippen molar-refractivity contribution in [3.8, 4) is 6.07 Å². The SMILES string of the molecule is CC(Cl)(Cl)CC(C)(Cl)C#N. The summed E-state index contributed by atoms with van der Waals surface area (Å²) in [7, 11) is 0. The maximum Gasteiger partial charge on any atom is 0.131 e. The summed E-state index contributed by atoms with van der Waals surface area (Å²) in [6.45, 7) is 3.19. The summed E-state index contributed by atoms with van der Waals surface area (Å²) in [5.41, 5.74) is 0. The molecule has 4 heteroatoms. The van der Waals surface area contributed by atoms with E-state index in [1.54, 1.807) is 13.8 Å². The molecule has 0 fully saturated rings. The van der Waals surface area contributed by atoms with Gasteiger partial charge >= 0.3 is 0 Å². The van der Waals surface area contributed by atoms with Gasteiger partial charge in [0, 0.05) is 6.42 Å². The Morgan fingerprint density at radius 1 is 1.30 bits per heavy atom. The smallest absolute Gasteiger partial charge is 0.131 e. The summed E-state index contributed by atoms with van der Waals surface area (Å²) < 4.78 is -0.924. The zero-order valence-electron chi connectivity index (χ0n) is 5.79. The standard InChI is InChI=1S/C6H8Cl3N/c1-5(7,4-10)3-6(2,8)9/h3H2,1-2H3. The van der Waals surface area contributed by atoms with Crippen LogP contribution in [0.4, 0.5) is 0 Å². The van der Waals surface area contributed by atoms with Gasteiger partial charge in [-0.3, -0.25) is 0 Å². The fourth-order valence-electron chi connectivity index (χ4n) is 0.622. The molecule has 1 atom stereocenters. The largest absolute Gasteiger partial charge is 0.196 e. The van der Waals surface area contributed by atoms with Crippen LogP contribution in [0.5, 0.6) is 0 Å². The summed E-state index contributed by atoms with van der Waals surface area (Å²) in [6, 6.07) is 1.89. The number of rotatable bonds is 2. The normalized spacial score (nSPS) is 17.6. The summed E-state index contributed by atoms with van der Waals surface area (Å²) in [6.07, 6.45) is 0.251. The number of hydrogen-bond donors (Lipinski definition) is 0. The minimum absolute atomic E-state index is 0.251. The lowest BCUT2D eigenvalue weighted by atomic mass is 10.1.